The van der Waals surface area contributed by atoms with Gasteiger partial charge in [-0.2, -0.15) is 0 Å². The van der Waals surface area contributed by atoms with Crippen LogP contribution in [0.25, 0.3) is 0 Å². The molecule has 0 aromatic heterocycles. The number of nitrogens with zero attached hydrogens (tertiary/aromatic N) is 2. The van der Waals surface area contributed by atoms with Gasteiger partial charge in [0.1, 0.15) is 5.82 Å². The monoisotopic (exact) mass is 528 g/mol. The Balaban J connectivity index is 0.00000450. The van der Waals surface area contributed by atoms with Crippen molar-refractivity contribution in [2.75, 3.05) is 34.3 Å². The van der Waals surface area contributed by atoms with E-state index < -0.39 is 0 Å². The largest absolute Gasteiger partial charge is 0.375 e. The van der Waals surface area contributed by atoms with Gasteiger partial charge in [0.05, 0.1) is 12.6 Å². The number of guanidine groups is 1. The highest BCUT2D eigenvalue weighted by Crippen LogP contribution is 2.16. The molecule has 8 heteroatoms. The Kier molecular flexibility index (Phi) is 11.3. The van der Waals surface area contributed by atoms with Crippen LogP contribution in [0.5, 0.6) is 0 Å². The van der Waals surface area contributed by atoms with Crippen LogP contribution in [0.3, 0.4) is 0 Å². The summed E-state index contributed by atoms with van der Waals surface area (Å²) < 4.78 is 18.7. The third-order valence-corrected chi connectivity index (χ3v) is 4.35. The van der Waals surface area contributed by atoms with Crippen molar-refractivity contribution in [3.8, 4) is 0 Å². The van der Waals surface area contributed by atoms with Crippen molar-refractivity contribution in [3.63, 3.8) is 0 Å². The number of carbonyl (C=O) groups is 1. The minimum absolute atomic E-state index is 0. The summed E-state index contributed by atoms with van der Waals surface area (Å²) in [5.41, 5.74) is 2.53. The minimum Gasteiger partial charge on any atom is -0.375 e. The van der Waals surface area contributed by atoms with Gasteiger partial charge >= 0.3 is 0 Å². The van der Waals surface area contributed by atoms with Crippen molar-refractivity contribution in [2.45, 2.75) is 19.6 Å². The highest BCUT2D eigenvalue weighted by molar-refractivity contribution is 14.0. The average Bonchev–Trinajstić information content (AvgIpc) is 2.73. The first-order valence-electron chi connectivity index (χ1n) is 9.55. The number of aliphatic imine (C=N–C) groups is 1. The van der Waals surface area contributed by atoms with Gasteiger partial charge in [-0.1, -0.05) is 24.3 Å². The normalized spacial score (nSPS) is 12.0. The Labute approximate surface area is 194 Å². The molecule has 0 saturated carbocycles. The van der Waals surface area contributed by atoms with Crippen molar-refractivity contribution in [3.05, 3.63) is 71.0 Å². The summed E-state index contributed by atoms with van der Waals surface area (Å²) >= 11 is 0. The van der Waals surface area contributed by atoms with Crippen LogP contribution in [-0.2, 0) is 11.3 Å². The number of carbonyl (C=O) groups excluding carboxylic acids is 1. The maximum Gasteiger partial charge on any atom is 0.253 e. The van der Waals surface area contributed by atoms with E-state index >= 15 is 0 Å². The molecule has 0 heterocycles. The van der Waals surface area contributed by atoms with Crippen LogP contribution < -0.4 is 10.6 Å². The summed E-state index contributed by atoms with van der Waals surface area (Å²) in [5, 5.41) is 6.46. The minimum atomic E-state index is -0.273. The number of methoxy groups -OCH3 is 1. The highest BCUT2D eigenvalue weighted by Gasteiger charge is 2.12. The van der Waals surface area contributed by atoms with Crippen LogP contribution >= 0.6 is 24.0 Å². The molecule has 0 spiro atoms. The van der Waals surface area contributed by atoms with Crippen molar-refractivity contribution in [1.29, 1.82) is 0 Å². The van der Waals surface area contributed by atoms with E-state index in [1.807, 2.05) is 31.2 Å². The molecule has 0 radical (unpaired) electrons. The molecule has 0 fully saturated rings. The number of ether oxygens (including phenoxy) is 1. The number of benzene rings is 2. The van der Waals surface area contributed by atoms with Crippen LogP contribution in [-0.4, -0.2) is 51.1 Å². The van der Waals surface area contributed by atoms with E-state index in [1.54, 1.807) is 38.2 Å². The van der Waals surface area contributed by atoms with E-state index in [-0.39, 0.29) is 41.8 Å². The van der Waals surface area contributed by atoms with Gasteiger partial charge in [0.15, 0.2) is 5.96 Å². The van der Waals surface area contributed by atoms with Crippen molar-refractivity contribution < 1.29 is 13.9 Å². The lowest BCUT2D eigenvalue weighted by atomic mass is 10.1. The van der Waals surface area contributed by atoms with Gasteiger partial charge < -0.3 is 20.3 Å². The zero-order chi connectivity index (χ0) is 21.2. The lowest BCUT2D eigenvalue weighted by Gasteiger charge is -2.18. The molecule has 6 nitrogen and oxygen atoms in total. The summed E-state index contributed by atoms with van der Waals surface area (Å²) in [5.74, 6) is 0.358. The molecule has 2 N–H and O–H groups in total. The Morgan fingerprint density at radius 1 is 1.10 bits per heavy atom. The fourth-order valence-corrected chi connectivity index (χ4v) is 2.73. The zero-order valence-electron chi connectivity index (χ0n) is 17.8. The molecule has 2 aromatic rings. The zero-order valence-corrected chi connectivity index (χ0v) is 20.1. The Hall–Kier alpha value is -2.20. The molecular weight excluding hydrogens is 498 g/mol. The highest BCUT2D eigenvalue weighted by atomic mass is 127. The topological polar surface area (TPSA) is 66.0 Å². The van der Waals surface area contributed by atoms with Crippen molar-refractivity contribution in [1.82, 2.24) is 15.5 Å². The predicted molar refractivity (Wildman–Crippen MR) is 129 cm³/mol. The van der Waals surface area contributed by atoms with Crippen LogP contribution in [0.15, 0.2) is 53.5 Å². The van der Waals surface area contributed by atoms with Crippen LogP contribution in [0.4, 0.5) is 4.39 Å². The SMILES string of the molecule is CCNC(=NCc1ccc(C(=O)N(C)C)cc1)NCC(OC)c1ccc(F)cc1.I. The van der Waals surface area contributed by atoms with Crippen LogP contribution in [0.1, 0.15) is 34.5 Å². The van der Waals surface area contributed by atoms with Crippen molar-refractivity contribution in [2.24, 2.45) is 4.99 Å². The van der Waals surface area contributed by atoms with Crippen molar-refractivity contribution >= 4 is 35.8 Å². The van der Waals surface area contributed by atoms with E-state index in [9.17, 15) is 9.18 Å². The fraction of sp³-hybridized carbons (Fsp3) is 0.364. The summed E-state index contributed by atoms with van der Waals surface area (Å²) in [6.45, 7) is 3.67. The summed E-state index contributed by atoms with van der Waals surface area (Å²) in [6.07, 6.45) is -0.226. The Bertz CT molecular complexity index is 811. The fourth-order valence-electron chi connectivity index (χ4n) is 2.73. The molecule has 2 aromatic carbocycles. The van der Waals surface area contributed by atoms with Gasteiger partial charge in [0, 0.05) is 39.9 Å². The maximum absolute atomic E-state index is 13.1. The summed E-state index contributed by atoms with van der Waals surface area (Å²) in [7, 11) is 5.08. The molecular formula is C22H30FIN4O2. The molecule has 0 aliphatic carbocycles. The van der Waals surface area contributed by atoms with Gasteiger partial charge in [-0.05, 0) is 42.3 Å². The van der Waals surface area contributed by atoms with Gasteiger partial charge in [0.2, 0.25) is 0 Å². The molecule has 1 amide bonds. The molecule has 164 valence electrons. The van der Waals surface area contributed by atoms with Crippen LogP contribution in [0, 0.1) is 5.82 Å². The van der Waals surface area contributed by atoms with E-state index in [2.05, 4.69) is 15.6 Å². The van der Waals surface area contributed by atoms with Gasteiger partial charge in [-0.3, -0.25) is 4.79 Å². The average molecular weight is 528 g/mol. The van der Waals surface area contributed by atoms with Gasteiger partial charge in [0.25, 0.3) is 5.91 Å². The molecule has 0 aliphatic rings. The van der Waals surface area contributed by atoms with E-state index in [0.29, 0.717) is 24.6 Å². The standard InChI is InChI=1S/C22H29FN4O2.HI/c1-5-24-22(26-15-20(29-4)17-10-12-19(23)13-11-17)25-14-16-6-8-18(9-7-16)21(28)27(2)3;/h6-13,20H,5,14-15H2,1-4H3,(H2,24,25,26);1H. The van der Waals surface area contributed by atoms with E-state index in [0.717, 1.165) is 17.7 Å². The number of hydrogen-bond acceptors (Lipinski definition) is 3. The molecule has 0 aliphatic heterocycles. The Morgan fingerprint density at radius 3 is 2.27 bits per heavy atom. The smallest absolute Gasteiger partial charge is 0.253 e. The van der Waals surface area contributed by atoms with Crippen LogP contribution in [0.2, 0.25) is 0 Å². The number of nitrogens with one attached hydrogen (secondary N) is 2. The third kappa shape index (κ3) is 7.91. The Morgan fingerprint density at radius 2 is 1.73 bits per heavy atom. The van der Waals surface area contributed by atoms with Gasteiger partial charge in [-0.15, -0.1) is 24.0 Å². The quantitative estimate of drug-likeness (QED) is 0.313. The predicted octanol–water partition coefficient (Wildman–Crippen LogP) is 3.59. The second kappa shape index (κ2) is 13.2. The summed E-state index contributed by atoms with van der Waals surface area (Å²) in [4.78, 5) is 18.1. The number of hydrogen-bond donors (Lipinski definition) is 2. The summed E-state index contributed by atoms with van der Waals surface area (Å²) in [6, 6.07) is 13.7. The first kappa shape index (κ1) is 25.8. The molecule has 1 atom stereocenters. The second-order valence-corrected chi connectivity index (χ2v) is 6.75. The first-order valence-corrected chi connectivity index (χ1v) is 9.55. The van der Waals surface area contributed by atoms with E-state index in [4.69, 9.17) is 4.74 Å². The van der Waals surface area contributed by atoms with E-state index in [1.165, 1.54) is 12.1 Å². The molecule has 2 rings (SSSR count). The molecule has 0 saturated heterocycles. The lowest BCUT2D eigenvalue weighted by molar-refractivity contribution is 0.0827. The maximum atomic E-state index is 13.1. The third-order valence-electron chi connectivity index (χ3n) is 4.35. The first-order chi connectivity index (χ1) is 13.9. The number of halogens is 2. The molecule has 30 heavy (non-hydrogen) atoms. The number of amides is 1. The second-order valence-electron chi connectivity index (χ2n) is 6.75. The molecule has 1 unspecified atom stereocenters. The number of rotatable bonds is 8. The lowest BCUT2D eigenvalue weighted by Crippen LogP contribution is -2.39. The molecule has 0 bridgehead atoms. The van der Waals surface area contributed by atoms with Gasteiger partial charge in [-0.25, -0.2) is 9.38 Å².